The largest absolute Gasteiger partial charge is 0.465 e. The fourth-order valence-corrected chi connectivity index (χ4v) is 7.99. The van der Waals surface area contributed by atoms with Gasteiger partial charge in [-0.15, -0.1) is 0 Å². The van der Waals surface area contributed by atoms with Crippen LogP contribution in [0.15, 0.2) is 62.8 Å². The molecule has 0 spiro atoms. The van der Waals surface area contributed by atoms with Crippen molar-refractivity contribution in [2.24, 2.45) is 5.92 Å². The Morgan fingerprint density at radius 2 is 1.82 bits per heavy atom. The van der Waals surface area contributed by atoms with E-state index in [1.54, 1.807) is 31.2 Å². The van der Waals surface area contributed by atoms with E-state index in [2.05, 4.69) is 15.9 Å². The van der Waals surface area contributed by atoms with Crippen LogP contribution in [-0.4, -0.2) is 34.2 Å². The van der Waals surface area contributed by atoms with Crippen molar-refractivity contribution in [1.82, 2.24) is 4.57 Å². The molecule has 1 aromatic heterocycles. The van der Waals surface area contributed by atoms with E-state index in [0.717, 1.165) is 35.2 Å². The lowest BCUT2D eigenvalue weighted by molar-refractivity contribution is -0.144. The normalized spacial score (nSPS) is 20.9. The van der Waals surface area contributed by atoms with Gasteiger partial charge in [0.15, 0.2) is 0 Å². The number of amides is 2. The van der Waals surface area contributed by atoms with E-state index < -0.39 is 63.7 Å². The number of nitrogens with zero attached hydrogens (tertiary/aromatic N) is 2. The second kappa shape index (κ2) is 10.0. The molecular formula is C25H18BrF3N2O5S2. The number of ether oxygens (including phenoxy) is 1. The van der Waals surface area contributed by atoms with Gasteiger partial charge in [-0.3, -0.25) is 23.7 Å². The van der Waals surface area contributed by atoms with Crippen molar-refractivity contribution in [2.75, 3.05) is 11.5 Å². The summed E-state index contributed by atoms with van der Waals surface area (Å²) in [7, 11) is 0. The van der Waals surface area contributed by atoms with Gasteiger partial charge in [0, 0.05) is 15.3 Å². The maximum Gasteiger partial charge on any atom is 0.418 e. The summed E-state index contributed by atoms with van der Waals surface area (Å²) in [4.78, 5) is 53.3. The van der Waals surface area contributed by atoms with Crippen molar-refractivity contribution in [1.29, 1.82) is 0 Å². The predicted octanol–water partition coefficient (Wildman–Crippen LogP) is 5.05. The molecule has 3 atom stereocenters. The molecule has 0 aliphatic carbocycles. The first kappa shape index (κ1) is 26.7. The third-order valence-corrected chi connectivity index (χ3v) is 9.40. The lowest BCUT2D eigenvalue weighted by atomic mass is 9.83. The van der Waals surface area contributed by atoms with Crippen LogP contribution in [0.5, 0.6) is 0 Å². The minimum Gasteiger partial charge on any atom is -0.465 e. The van der Waals surface area contributed by atoms with Crippen LogP contribution in [0.2, 0.25) is 0 Å². The number of thioether (sulfide) groups is 1. The van der Waals surface area contributed by atoms with E-state index in [0.29, 0.717) is 24.8 Å². The topological polar surface area (TPSA) is 85.7 Å². The summed E-state index contributed by atoms with van der Waals surface area (Å²) in [6.45, 7) is 1.35. The third-order valence-electron chi connectivity index (χ3n) is 6.30. The number of imide groups is 1. The third kappa shape index (κ3) is 4.50. The molecule has 1 fully saturated rings. The second-order valence-corrected chi connectivity index (χ2v) is 11.6. The molecule has 2 amide bonds. The predicted molar refractivity (Wildman–Crippen MR) is 138 cm³/mol. The average molecular weight is 627 g/mol. The van der Waals surface area contributed by atoms with Crippen molar-refractivity contribution >= 4 is 62.5 Å². The van der Waals surface area contributed by atoms with Gasteiger partial charge in [-0.2, -0.15) is 13.2 Å². The molecule has 198 valence electrons. The molecule has 2 aliphatic heterocycles. The number of esters is 1. The Morgan fingerprint density at radius 1 is 1.08 bits per heavy atom. The van der Waals surface area contributed by atoms with E-state index in [1.807, 2.05) is 0 Å². The first-order chi connectivity index (χ1) is 18.0. The van der Waals surface area contributed by atoms with Crippen LogP contribution in [-0.2, 0) is 31.8 Å². The number of para-hydroxylation sites is 1. The van der Waals surface area contributed by atoms with Crippen LogP contribution in [0.4, 0.5) is 18.9 Å². The Bertz CT molecular complexity index is 1520. The number of anilines is 1. The number of thiazole rings is 1. The van der Waals surface area contributed by atoms with Crippen LogP contribution in [0.25, 0.3) is 0 Å². The minimum atomic E-state index is -4.79. The minimum absolute atomic E-state index is 0.110. The number of hydrogen-bond acceptors (Lipinski definition) is 7. The molecule has 3 heterocycles. The molecule has 38 heavy (non-hydrogen) atoms. The van der Waals surface area contributed by atoms with Gasteiger partial charge in [-0.05, 0) is 36.8 Å². The highest BCUT2D eigenvalue weighted by molar-refractivity contribution is 9.10. The molecule has 7 nitrogen and oxygen atoms in total. The summed E-state index contributed by atoms with van der Waals surface area (Å²) in [5.74, 6) is -4.10. The van der Waals surface area contributed by atoms with Crippen molar-refractivity contribution in [2.45, 2.75) is 35.8 Å². The number of rotatable bonds is 5. The zero-order chi connectivity index (χ0) is 27.4. The van der Waals surface area contributed by atoms with Gasteiger partial charge >= 0.3 is 17.0 Å². The van der Waals surface area contributed by atoms with Gasteiger partial charge in [0.25, 0.3) is 0 Å². The number of carbonyl (C=O) groups excluding carboxylic acids is 3. The first-order valence-corrected chi connectivity index (χ1v) is 13.9. The standard InChI is InChI=1S/C25H18BrF3N2O5S2/c1-2-36-16(32)11-30-23-20(38-24(30)35)17(12-6-5-7-13(26)10-12)18-19(37-23)22(34)31(21(18)33)15-9-4-3-8-14(15)25(27,28)29/h3-10,17-19H,2,11H2,1H3/t17-,18-,19+/m0/s1. The summed E-state index contributed by atoms with van der Waals surface area (Å²) >= 11 is 5.17. The van der Waals surface area contributed by atoms with Gasteiger partial charge in [0.05, 0.1) is 28.8 Å². The highest BCUT2D eigenvalue weighted by atomic mass is 79.9. The number of carbonyl (C=O) groups is 3. The molecule has 1 saturated heterocycles. The molecule has 0 unspecified atom stereocenters. The summed E-state index contributed by atoms with van der Waals surface area (Å²) in [6, 6.07) is 11.4. The molecule has 0 bridgehead atoms. The van der Waals surface area contributed by atoms with Gasteiger partial charge in [0.1, 0.15) is 11.8 Å². The first-order valence-electron chi connectivity index (χ1n) is 11.4. The highest BCUT2D eigenvalue weighted by Gasteiger charge is 2.57. The molecule has 13 heteroatoms. The van der Waals surface area contributed by atoms with Gasteiger partial charge < -0.3 is 4.74 Å². The van der Waals surface area contributed by atoms with Crippen molar-refractivity contribution < 1.29 is 32.3 Å². The lowest BCUT2D eigenvalue weighted by Gasteiger charge is -2.30. The molecule has 5 rings (SSSR count). The number of fused-ring (bicyclic) bond motifs is 2. The van der Waals surface area contributed by atoms with Gasteiger partial charge in [-0.1, -0.05) is 63.3 Å². The van der Waals surface area contributed by atoms with Crippen LogP contribution < -0.4 is 9.77 Å². The zero-order valence-corrected chi connectivity index (χ0v) is 22.7. The van der Waals surface area contributed by atoms with E-state index >= 15 is 0 Å². The molecule has 3 aromatic rings. The Balaban J connectivity index is 1.67. The van der Waals surface area contributed by atoms with Crippen LogP contribution in [0.3, 0.4) is 0 Å². The SMILES string of the molecule is CCOC(=O)Cn1c2c(sc1=O)[C@@H](c1cccc(Br)c1)[C@@H]1C(=O)N(c3ccccc3C(F)(F)F)C(=O)[C@@H]1S2. The molecule has 2 aromatic carbocycles. The Hall–Kier alpha value is -2.90. The number of hydrogen-bond donors (Lipinski definition) is 0. The van der Waals surface area contributed by atoms with E-state index in [1.165, 1.54) is 16.7 Å². The Labute approximate surface area is 230 Å². The van der Waals surface area contributed by atoms with E-state index in [4.69, 9.17) is 4.74 Å². The summed E-state index contributed by atoms with van der Waals surface area (Å²) in [5.41, 5.74) is -1.03. The number of halogens is 4. The molecule has 0 radical (unpaired) electrons. The summed E-state index contributed by atoms with van der Waals surface area (Å²) in [6.07, 6.45) is -4.79. The number of benzene rings is 2. The summed E-state index contributed by atoms with van der Waals surface area (Å²) in [5, 5.41) is -0.783. The van der Waals surface area contributed by atoms with Crippen molar-refractivity contribution in [3.63, 3.8) is 0 Å². The van der Waals surface area contributed by atoms with Crippen molar-refractivity contribution in [3.8, 4) is 0 Å². The van der Waals surface area contributed by atoms with E-state index in [-0.39, 0.29) is 6.61 Å². The number of aromatic nitrogens is 1. The van der Waals surface area contributed by atoms with Gasteiger partial charge in [0.2, 0.25) is 11.8 Å². The molecule has 2 aliphatic rings. The van der Waals surface area contributed by atoms with Crippen LogP contribution >= 0.6 is 39.0 Å². The maximum absolute atomic E-state index is 13.8. The molecule has 0 saturated carbocycles. The van der Waals surface area contributed by atoms with Crippen molar-refractivity contribution in [3.05, 3.63) is 78.7 Å². The monoisotopic (exact) mass is 626 g/mol. The smallest absolute Gasteiger partial charge is 0.418 e. The fraction of sp³-hybridized carbons (Fsp3) is 0.280. The maximum atomic E-state index is 13.8. The van der Waals surface area contributed by atoms with Gasteiger partial charge in [-0.25, -0.2) is 4.90 Å². The Kier molecular flexibility index (Phi) is 7.03. The quantitative estimate of drug-likeness (QED) is 0.291. The van der Waals surface area contributed by atoms with E-state index in [9.17, 15) is 32.3 Å². The van der Waals surface area contributed by atoms with Crippen LogP contribution in [0, 0.1) is 5.92 Å². The molecule has 0 N–H and O–H groups in total. The molecular weight excluding hydrogens is 609 g/mol. The summed E-state index contributed by atoms with van der Waals surface area (Å²) < 4.78 is 48.3. The highest BCUT2D eigenvalue weighted by Crippen LogP contribution is 2.54. The zero-order valence-electron chi connectivity index (χ0n) is 19.5. The second-order valence-electron chi connectivity index (χ2n) is 8.55. The Morgan fingerprint density at radius 3 is 2.50 bits per heavy atom. The lowest BCUT2D eigenvalue weighted by Crippen LogP contribution is -2.33. The van der Waals surface area contributed by atoms with Crippen LogP contribution in [0.1, 0.15) is 28.8 Å². The number of alkyl halides is 3. The average Bonchev–Trinajstić information content (AvgIpc) is 3.29. The fourth-order valence-electron chi connectivity index (χ4n) is 4.80.